The van der Waals surface area contributed by atoms with Crippen molar-refractivity contribution in [3.63, 3.8) is 0 Å². The monoisotopic (exact) mass is 324 g/mol. The first-order chi connectivity index (χ1) is 10.6. The Balaban J connectivity index is 1.99. The Morgan fingerprint density at radius 3 is 2.65 bits per heavy atom. The molecule has 0 unspecified atom stereocenters. The molecule has 2 N–H and O–H groups in total. The van der Waals surface area contributed by atoms with Gasteiger partial charge >= 0.3 is 11.9 Å². The first-order valence-corrected chi connectivity index (χ1v) is 7.69. The van der Waals surface area contributed by atoms with Gasteiger partial charge < -0.3 is 24.4 Å². The van der Waals surface area contributed by atoms with E-state index in [9.17, 15) is 19.8 Å². The number of carbonyl (C=O) groups excluding carboxylic acids is 2. The van der Waals surface area contributed by atoms with Crippen LogP contribution in [0.2, 0.25) is 0 Å². The SMILES string of the molecule is C=C(C)[C@@H]1[C@H]2O[C@H]3C[C@@](O)([C@H]1C(=O)OC)[C@@]1(C)[C@@H]2OC(=O)[C@@]31O. The van der Waals surface area contributed by atoms with E-state index >= 15 is 0 Å². The summed E-state index contributed by atoms with van der Waals surface area (Å²) in [6, 6.07) is 0. The molecule has 0 aromatic heterocycles. The van der Waals surface area contributed by atoms with Gasteiger partial charge in [-0.25, -0.2) is 4.79 Å². The zero-order valence-corrected chi connectivity index (χ0v) is 13.2. The Kier molecular flexibility index (Phi) is 2.60. The van der Waals surface area contributed by atoms with Gasteiger partial charge in [-0.1, -0.05) is 12.2 Å². The summed E-state index contributed by atoms with van der Waals surface area (Å²) in [6.07, 6.45) is -2.40. The molecule has 2 heterocycles. The molecule has 4 fully saturated rings. The average Bonchev–Trinajstić information content (AvgIpc) is 2.67. The molecule has 0 amide bonds. The predicted molar refractivity (Wildman–Crippen MR) is 75.0 cm³/mol. The van der Waals surface area contributed by atoms with Crippen LogP contribution in [0.15, 0.2) is 12.2 Å². The molecule has 5 bridgehead atoms. The fourth-order valence-corrected chi connectivity index (χ4v) is 5.48. The van der Waals surface area contributed by atoms with Gasteiger partial charge in [-0.2, -0.15) is 0 Å². The molecule has 4 rings (SSSR count). The summed E-state index contributed by atoms with van der Waals surface area (Å²) >= 11 is 0. The molecule has 0 aromatic rings. The van der Waals surface area contributed by atoms with Gasteiger partial charge in [-0.3, -0.25) is 4.79 Å². The minimum atomic E-state index is -1.95. The van der Waals surface area contributed by atoms with Crippen molar-refractivity contribution in [2.24, 2.45) is 17.3 Å². The van der Waals surface area contributed by atoms with Crippen LogP contribution in [0, 0.1) is 17.3 Å². The van der Waals surface area contributed by atoms with Crippen LogP contribution >= 0.6 is 0 Å². The molecule has 8 atom stereocenters. The lowest BCUT2D eigenvalue weighted by atomic mass is 9.51. The van der Waals surface area contributed by atoms with Crippen molar-refractivity contribution in [2.45, 2.75) is 49.8 Å². The topological polar surface area (TPSA) is 102 Å². The van der Waals surface area contributed by atoms with Crippen LogP contribution in [0.4, 0.5) is 0 Å². The molecule has 0 spiro atoms. The molecule has 2 saturated heterocycles. The normalized spacial score (nSPS) is 55.7. The zero-order valence-electron chi connectivity index (χ0n) is 13.2. The number of aliphatic hydroxyl groups is 2. The van der Waals surface area contributed by atoms with Crippen LogP contribution in [0.3, 0.4) is 0 Å². The number of hydrogen-bond acceptors (Lipinski definition) is 7. The van der Waals surface area contributed by atoms with Gasteiger partial charge in [0.05, 0.1) is 24.0 Å². The molecule has 2 aliphatic carbocycles. The summed E-state index contributed by atoms with van der Waals surface area (Å²) in [5, 5.41) is 22.5. The Labute approximate surface area is 133 Å². The van der Waals surface area contributed by atoms with Gasteiger partial charge in [0.2, 0.25) is 0 Å². The highest BCUT2D eigenvalue weighted by atomic mass is 16.6. The van der Waals surface area contributed by atoms with Crippen molar-refractivity contribution in [1.82, 2.24) is 0 Å². The third-order valence-corrected chi connectivity index (χ3v) is 6.64. The van der Waals surface area contributed by atoms with Crippen molar-refractivity contribution < 1.29 is 34.0 Å². The molecule has 4 aliphatic rings. The lowest BCUT2D eigenvalue weighted by molar-refractivity contribution is -0.270. The molecule has 7 heteroatoms. The third kappa shape index (κ3) is 1.24. The molecular formula is C16H20O7. The van der Waals surface area contributed by atoms with Crippen molar-refractivity contribution in [2.75, 3.05) is 7.11 Å². The average molecular weight is 324 g/mol. The molecule has 2 aliphatic heterocycles. The van der Waals surface area contributed by atoms with Crippen LogP contribution in [-0.2, 0) is 23.8 Å². The highest BCUT2D eigenvalue weighted by molar-refractivity contribution is 5.88. The second kappa shape index (κ2) is 3.96. The van der Waals surface area contributed by atoms with E-state index in [2.05, 4.69) is 6.58 Å². The maximum atomic E-state index is 12.5. The van der Waals surface area contributed by atoms with Crippen LogP contribution in [0.1, 0.15) is 20.3 Å². The van der Waals surface area contributed by atoms with Gasteiger partial charge in [-0.05, 0) is 13.8 Å². The van der Waals surface area contributed by atoms with E-state index in [1.807, 2.05) is 0 Å². The number of hydrogen-bond donors (Lipinski definition) is 2. The highest BCUT2D eigenvalue weighted by Crippen LogP contribution is 2.71. The van der Waals surface area contributed by atoms with Crippen LogP contribution in [-0.4, -0.2) is 58.8 Å². The highest BCUT2D eigenvalue weighted by Gasteiger charge is 2.89. The van der Waals surface area contributed by atoms with E-state index in [4.69, 9.17) is 14.2 Å². The van der Waals surface area contributed by atoms with Crippen molar-refractivity contribution in [3.8, 4) is 0 Å². The summed E-state index contributed by atoms with van der Waals surface area (Å²) in [5.41, 5.74) is -4.31. The minimum Gasteiger partial charge on any atom is -0.469 e. The number of methoxy groups -OCH3 is 1. The molecule has 7 nitrogen and oxygen atoms in total. The van der Waals surface area contributed by atoms with Crippen LogP contribution in [0.5, 0.6) is 0 Å². The first-order valence-electron chi connectivity index (χ1n) is 7.69. The van der Waals surface area contributed by atoms with E-state index in [1.54, 1.807) is 13.8 Å². The molecular weight excluding hydrogens is 304 g/mol. The fraction of sp³-hybridized carbons (Fsp3) is 0.750. The summed E-state index contributed by atoms with van der Waals surface area (Å²) in [6.45, 7) is 7.26. The number of rotatable bonds is 2. The van der Waals surface area contributed by atoms with Crippen molar-refractivity contribution in [1.29, 1.82) is 0 Å². The maximum absolute atomic E-state index is 12.5. The lowest BCUT2D eigenvalue weighted by Gasteiger charge is -2.57. The summed E-state index contributed by atoms with van der Waals surface area (Å²) in [5.74, 6) is -2.91. The number of carbonyl (C=O) groups is 2. The Bertz CT molecular complexity index is 644. The largest absolute Gasteiger partial charge is 0.469 e. The van der Waals surface area contributed by atoms with E-state index in [-0.39, 0.29) is 6.42 Å². The second-order valence-electron chi connectivity index (χ2n) is 7.39. The van der Waals surface area contributed by atoms with E-state index in [1.165, 1.54) is 7.11 Å². The third-order valence-electron chi connectivity index (χ3n) is 6.64. The van der Waals surface area contributed by atoms with Gasteiger partial charge in [0.15, 0.2) is 5.60 Å². The minimum absolute atomic E-state index is 0.0222. The zero-order chi connectivity index (χ0) is 16.9. The standard InChI is InChI=1S/C16H20O7/c1-6(2)8-9(12(17)21-4)15(19)5-7-16(20)13(18)23-11(10(8)22-7)14(15,16)3/h7-11,19-20H,1,5H2,2-4H3/t7-,8-,9+,10+,11+,14+,15+,16-/m0/s1. The molecule has 23 heavy (non-hydrogen) atoms. The quantitative estimate of drug-likeness (QED) is 0.524. The number of esters is 2. The van der Waals surface area contributed by atoms with Gasteiger partial charge in [-0.15, -0.1) is 0 Å². The van der Waals surface area contributed by atoms with Gasteiger partial charge in [0, 0.05) is 12.3 Å². The summed E-state index contributed by atoms with van der Waals surface area (Å²) in [7, 11) is 1.25. The predicted octanol–water partition coefficient (Wildman–Crippen LogP) is -0.454. The molecule has 0 aromatic carbocycles. The number of ether oxygens (including phenoxy) is 3. The smallest absolute Gasteiger partial charge is 0.342 e. The summed E-state index contributed by atoms with van der Waals surface area (Å²) < 4.78 is 16.2. The fourth-order valence-electron chi connectivity index (χ4n) is 5.48. The summed E-state index contributed by atoms with van der Waals surface area (Å²) in [4.78, 5) is 24.8. The maximum Gasteiger partial charge on any atom is 0.342 e. The van der Waals surface area contributed by atoms with E-state index in [0.717, 1.165) is 0 Å². The lowest BCUT2D eigenvalue weighted by Crippen LogP contribution is -2.73. The molecule has 0 radical (unpaired) electrons. The van der Waals surface area contributed by atoms with Crippen LogP contribution < -0.4 is 0 Å². The van der Waals surface area contributed by atoms with Crippen LogP contribution in [0.25, 0.3) is 0 Å². The molecule has 2 saturated carbocycles. The van der Waals surface area contributed by atoms with Crippen molar-refractivity contribution >= 4 is 11.9 Å². The Hall–Kier alpha value is -1.44. The Morgan fingerprint density at radius 2 is 2.09 bits per heavy atom. The first kappa shape index (κ1) is 15.1. The second-order valence-corrected chi connectivity index (χ2v) is 7.39. The molecule has 126 valence electrons. The van der Waals surface area contributed by atoms with Gasteiger partial charge in [0.25, 0.3) is 0 Å². The van der Waals surface area contributed by atoms with Crippen molar-refractivity contribution in [3.05, 3.63) is 12.2 Å². The van der Waals surface area contributed by atoms with Gasteiger partial charge in [0.1, 0.15) is 18.3 Å². The van der Waals surface area contributed by atoms with E-state index < -0.39 is 58.7 Å². The Morgan fingerprint density at radius 1 is 1.43 bits per heavy atom. The van der Waals surface area contributed by atoms with E-state index in [0.29, 0.717) is 5.57 Å².